The van der Waals surface area contributed by atoms with Crippen LogP contribution >= 0.6 is 0 Å². The number of nitrogens with zero attached hydrogens (tertiary/aromatic N) is 1. The number of aromatic nitrogens is 2. The second-order valence-corrected chi connectivity index (χ2v) is 6.02. The molecule has 0 fully saturated rings. The summed E-state index contributed by atoms with van der Waals surface area (Å²) in [5, 5.41) is 10.0. The highest BCUT2D eigenvalue weighted by Crippen LogP contribution is 2.33. The Labute approximate surface area is 135 Å². The van der Waals surface area contributed by atoms with Gasteiger partial charge in [-0.15, -0.1) is 0 Å². The van der Waals surface area contributed by atoms with E-state index < -0.39 is 6.10 Å². The largest absolute Gasteiger partial charge is 0.389 e. The Hall–Kier alpha value is -2.20. The van der Waals surface area contributed by atoms with E-state index in [-0.39, 0.29) is 5.82 Å². The van der Waals surface area contributed by atoms with Crippen LogP contribution in [-0.2, 0) is 6.42 Å². The number of aliphatic hydroxyl groups excluding tert-OH is 1. The molecule has 120 valence electrons. The van der Waals surface area contributed by atoms with Gasteiger partial charge in [-0.25, -0.2) is 9.37 Å². The summed E-state index contributed by atoms with van der Waals surface area (Å²) in [6.07, 6.45) is 0.904. The van der Waals surface area contributed by atoms with Gasteiger partial charge in [0.1, 0.15) is 11.6 Å². The minimum absolute atomic E-state index is 0.346. The standard InChI is InChI=1S/C19H21FN2O/c1-4-5-13-8-15(19(11(2)23)16(20)9-13)14-6-7-17-18(10-14)22-12(3)21-17/h6-11,23H,4-5H2,1-3H3,(H,21,22). The molecule has 1 atom stereocenters. The second kappa shape index (κ2) is 6.13. The number of halogens is 1. The molecule has 3 rings (SSSR count). The molecule has 0 aliphatic rings. The van der Waals surface area contributed by atoms with Gasteiger partial charge in [-0.3, -0.25) is 0 Å². The van der Waals surface area contributed by atoms with Crippen molar-refractivity contribution in [3.63, 3.8) is 0 Å². The van der Waals surface area contributed by atoms with E-state index in [0.29, 0.717) is 5.56 Å². The van der Waals surface area contributed by atoms with Gasteiger partial charge in [-0.1, -0.05) is 25.5 Å². The van der Waals surface area contributed by atoms with Crippen LogP contribution in [0, 0.1) is 12.7 Å². The van der Waals surface area contributed by atoms with Gasteiger partial charge in [0.2, 0.25) is 0 Å². The van der Waals surface area contributed by atoms with Crippen molar-refractivity contribution in [3.05, 3.63) is 53.1 Å². The topological polar surface area (TPSA) is 48.9 Å². The van der Waals surface area contributed by atoms with Gasteiger partial charge in [-0.2, -0.15) is 0 Å². The van der Waals surface area contributed by atoms with Crippen molar-refractivity contribution in [2.45, 2.75) is 39.7 Å². The number of nitrogens with one attached hydrogen (secondary N) is 1. The molecule has 1 heterocycles. The third kappa shape index (κ3) is 2.99. The maximum Gasteiger partial charge on any atom is 0.129 e. The first-order chi connectivity index (χ1) is 11.0. The van der Waals surface area contributed by atoms with Gasteiger partial charge in [0, 0.05) is 5.56 Å². The molecule has 0 bridgehead atoms. The minimum atomic E-state index is -0.861. The monoisotopic (exact) mass is 312 g/mol. The van der Waals surface area contributed by atoms with Crippen LogP contribution in [0.25, 0.3) is 22.2 Å². The molecule has 0 amide bonds. The summed E-state index contributed by atoms with van der Waals surface area (Å²) in [6.45, 7) is 5.57. The zero-order valence-electron chi connectivity index (χ0n) is 13.7. The van der Waals surface area contributed by atoms with Crippen LogP contribution in [0.3, 0.4) is 0 Å². The Kier molecular flexibility index (Phi) is 4.18. The van der Waals surface area contributed by atoms with Crippen molar-refractivity contribution in [3.8, 4) is 11.1 Å². The molecule has 4 heteroatoms. The van der Waals surface area contributed by atoms with Crippen LogP contribution in [0.1, 0.15) is 43.3 Å². The van der Waals surface area contributed by atoms with E-state index in [1.165, 1.54) is 6.07 Å². The van der Waals surface area contributed by atoms with Crippen LogP contribution < -0.4 is 0 Å². The lowest BCUT2D eigenvalue weighted by molar-refractivity contribution is 0.195. The summed E-state index contributed by atoms with van der Waals surface area (Å²) in [5.74, 6) is 0.501. The van der Waals surface area contributed by atoms with E-state index in [1.807, 2.05) is 31.2 Å². The van der Waals surface area contributed by atoms with Crippen LogP contribution in [0.4, 0.5) is 4.39 Å². The first-order valence-electron chi connectivity index (χ1n) is 7.96. The third-order valence-electron chi connectivity index (χ3n) is 4.06. The third-order valence-corrected chi connectivity index (χ3v) is 4.06. The Morgan fingerprint density at radius 1 is 1.26 bits per heavy atom. The zero-order valence-corrected chi connectivity index (χ0v) is 13.7. The highest BCUT2D eigenvalue weighted by Gasteiger charge is 2.17. The molecule has 1 aromatic heterocycles. The number of imidazole rings is 1. The number of hydrogen-bond acceptors (Lipinski definition) is 2. The summed E-state index contributed by atoms with van der Waals surface area (Å²) in [7, 11) is 0. The maximum absolute atomic E-state index is 14.5. The Morgan fingerprint density at radius 2 is 2.04 bits per heavy atom. The second-order valence-electron chi connectivity index (χ2n) is 6.02. The van der Waals surface area contributed by atoms with Gasteiger partial charge in [-0.05, 0) is 55.2 Å². The highest BCUT2D eigenvalue weighted by atomic mass is 19.1. The average Bonchev–Trinajstić information content (AvgIpc) is 2.85. The highest BCUT2D eigenvalue weighted by molar-refractivity contribution is 5.83. The molecule has 3 nitrogen and oxygen atoms in total. The molecule has 1 unspecified atom stereocenters. The molecular formula is C19H21FN2O. The minimum Gasteiger partial charge on any atom is -0.389 e. The lowest BCUT2D eigenvalue weighted by Gasteiger charge is -2.16. The number of aromatic amines is 1. The van der Waals surface area contributed by atoms with E-state index in [2.05, 4.69) is 16.9 Å². The van der Waals surface area contributed by atoms with Gasteiger partial charge >= 0.3 is 0 Å². The molecule has 2 N–H and O–H groups in total. The lowest BCUT2D eigenvalue weighted by atomic mass is 9.92. The summed E-state index contributed by atoms with van der Waals surface area (Å²) < 4.78 is 14.5. The fourth-order valence-electron chi connectivity index (χ4n) is 3.08. The Morgan fingerprint density at radius 3 is 2.74 bits per heavy atom. The van der Waals surface area contributed by atoms with Crippen molar-refractivity contribution in [1.29, 1.82) is 0 Å². The number of benzene rings is 2. The first-order valence-corrected chi connectivity index (χ1v) is 7.96. The van der Waals surface area contributed by atoms with E-state index in [1.54, 1.807) is 6.92 Å². The molecule has 0 radical (unpaired) electrons. The normalized spacial score (nSPS) is 12.7. The summed E-state index contributed by atoms with van der Waals surface area (Å²) in [4.78, 5) is 7.60. The van der Waals surface area contributed by atoms with Crippen molar-refractivity contribution in [2.75, 3.05) is 0 Å². The quantitative estimate of drug-likeness (QED) is 0.734. The van der Waals surface area contributed by atoms with Crippen molar-refractivity contribution in [2.24, 2.45) is 0 Å². The molecule has 0 saturated heterocycles. The molecule has 0 saturated carbocycles. The fourth-order valence-corrected chi connectivity index (χ4v) is 3.08. The summed E-state index contributed by atoms with van der Waals surface area (Å²) >= 11 is 0. The van der Waals surface area contributed by atoms with Crippen LogP contribution in [0.2, 0.25) is 0 Å². The predicted molar refractivity (Wildman–Crippen MR) is 90.9 cm³/mol. The number of hydrogen-bond donors (Lipinski definition) is 2. The van der Waals surface area contributed by atoms with E-state index in [4.69, 9.17) is 0 Å². The van der Waals surface area contributed by atoms with Gasteiger partial charge in [0.25, 0.3) is 0 Å². The van der Waals surface area contributed by atoms with Crippen molar-refractivity contribution in [1.82, 2.24) is 9.97 Å². The predicted octanol–water partition coefficient (Wildman–Crippen LogP) is 4.68. The number of fused-ring (bicyclic) bond motifs is 1. The van der Waals surface area contributed by atoms with Gasteiger partial charge in [0.15, 0.2) is 0 Å². The van der Waals surface area contributed by atoms with E-state index in [9.17, 15) is 9.50 Å². The molecule has 0 spiro atoms. The summed E-state index contributed by atoms with van der Waals surface area (Å²) in [5.41, 5.74) is 4.73. The number of aryl methyl sites for hydroxylation is 2. The fraction of sp³-hybridized carbons (Fsp3) is 0.316. The number of rotatable bonds is 4. The van der Waals surface area contributed by atoms with Crippen LogP contribution in [-0.4, -0.2) is 15.1 Å². The summed E-state index contributed by atoms with van der Waals surface area (Å²) in [6, 6.07) is 9.34. The molecule has 0 aliphatic carbocycles. The molecule has 2 aromatic carbocycles. The smallest absolute Gasteiger partial charge is 0.129 e. The SMILES string of the molecule is CCCc1cc(F)c(C(C)O)c(-c2ccc3nc(C)[nH]c3c2)c1. The average molecular weight is 312 g/mol. The molecule has 0 aliphatic heterocycles. The Balaban J connectivity index is 2.21. The number of aliphatic hydroxyl groups is 1. The first kappa shape index (κ1) is 15.7. The molecule has 23 heavy (non-hydrogen) atoms. The lowest BCUT2D eigenvalue weighted by Crippen LogP contribution is -2.02. The van der Waals surface area contributed by atoms with Crippen LogP contribution in [0.5, 0.6) is 0 Å². The molecular weight excluding hydrogens is 291 g/mol. The van der Waals surface area contributed by atoms with Gasteiger partial charge in [0.05, 0.1) is 17.1 Å². The Bertz CT molecular complexity index is 852. The van der Waals surface area contributed by atoms with E-state index >= 15 is 0 Å². The van der Waals surface area contributed by atoms with Crippen molar-refractivity contribution >= 4 is 11.0 Å². The van der Waals surface area contributed by atoms with Crippen LogP contribution in [0.15, 0.2) is 30.3 Å². The zero-order chi connectivity index (χ0) is 16.6. The van der Waals surface area contributed by atoms with Gasteiger partial charge < -0.3 is 10.1 Å². The van der Waals surface area contributed by atoms with E-state index in [0.717, 1.165) is 46.4 Å². The molecule has 3 aromatic rings. The number of H-pyrrole nitrogens is 1. The van der Waals surface area contributed by atoms with Crippen molar-refractivity contribution < 1.29 is 9.50 Å². The maximum atomic E-state index is 14.5.